The van der Waals surface area contributed by atoms with Gasteiger partial charge < -0.3 is 25.0 Å². The predicted molar refractivity (Wildman–Crippen MR) is 150 cm³/mol. The van der Waals surface area contributed by atoms with Gasteiger partial charge in [0.1, 0.15) is 11.3 Å². The number of carbonyl (C=O) groups is 1. The van der Waals surface area contributed by atoms with Crippen LogP contribution in [-0.4, -0.2) is 40.8 Å². The number of aromatic carboxylic acids is 1. The molecule has 3 N–H and O–H groups in total. The number of anilines is 1. The number of rotatable bonds is 7. The fourth-order valence-electron chi connectivity index (χ4n) is 5.13. The number of ether oxygens (including phenoxy) is 1. The molecule has 9 heteroatoms. The normalized spacial score (nSPS) is 15.1. The van der Waals surface area contributed by atoms with Crippen LogP contribution < -0.4 is 20.8 Å². The van der Waals surface area contributed by atoms with Crippen LogP contribution >= 0.6 is 12.2 Å². The van der Waals surface area contributed by atoms with E-state index in [4.69, 9.17) is 22.7 Å². The van der Waals surface area contributed by atoms with E-state index in [9.17, 15) is 14.7 Å². The van der Waals surface area contributed by atoms with Gasteiger partial charge in [-0.1, -0.05) is 60.7 Å². The molecule has 0 saturated carbocycles. The number of carboxylic acid groups (broad SMARTS) is 1. The molecule has 0 aliphatic carbocycles. The Morgan fingerprint density at radius 2 is 1.89 bits per heavy atom. The van der Waals surface area contributed by atoms with Crippen molar-refractivity contribution in [3.8, 4) is 16.9 Å². The van der Waals surface area contributed by atoms with Crippen LogP contribution in [0.25, 0.3) is 22.0 Å². The highest BCUT2D eigenvalue weighted by atomic mass is 32.1. The predicted octanol–water partition coefficient (Wildman–Crippen LogP) is 4.68. The maximum Gasteiger partial charge on any atom is 0.341 e. The van der Waals surface area contributed by atoms with Crippen molar-refractivity contribution in [1.29, 1.82) is 0 Å². The summed E-state index contributed by atoms with van der Waals surface area (Å²) in [5.74, 6) is -1.96. The van der Waals surface area contributed by atoms with E-state index in [1.165, 1.54) is 13.3 Å². The smallest absolute Gasteiger partial charge is 0.341 e. The molecule has 2 heterocycles. The highest BCUT2D eigenvalue weighted by Crippen LogP contribution is 2.40. The SMILES string of the molecule is COc1c(N2CC[C@@H](C(N)=S)C2)c(F)cc2c(=O)c(C(=O)O)cn(Cc3cccc(-c4ccccc4)c3)c12. The number of benzene rings is 3. The third-order valence-electron chi connectivity index (χ3n) is 6.97. The lowest BCUT2D eigenvalue weighted by Gasteiger charge is -2.25. The number of halogens is 1. The topological polar surface area (TPSA) is 97.8 Å². The Balaban J connectivity index is 1.70. The second kappa shape index (κ2) is 10.3. The zero-order valence-electron chi connectivity index (χ0n) is 20.7. The monoisotopic (exact) mass is 531 g/mol. The van der Waals surface area contributed by atoms with Gasteiger partial charge in [-0.15, -0.1) is 0 Å². The second-order valence-electron chi connectivity index (χ2n) is 9.34. The first-order valence-corrected chi connectivity index (χ1v) is 12.5. The Bertz CT molecular complexity index is 1620. The summed E-state index contributed by atoms with van der Waals surface area (Å²) < 4.78 is 22.9. The van der Waals surface area contributed by atoms with Gasteiger partial charge in [0, 0.05) is 31.7 Å². The maximum atomic E-state index is 15.6. The van der Waals surface area contributed by atoms with Crippen LogP contribution in [0.3, 0.4) is 0 Å². The summed E-state index contributed by atoms with van der Waals surface area (Å²) in [7, 11) is 1.41. The molecule has 7 nitrogen and oxygen atoms in total. The number of nitrogens with two attached hydrogens (primary N) is 1. The Kier molecular flexibility index (Phi) is 6.86. The molecule has 0 unspecified atom stereocenters. The third kappa shape index (κ3) is 4.61. The van der Waals surface area contributed by atoms with Crippen molar-refractivity contribution in [3.63, 3.8) is 0 Å². The van der Waals surface area contributed by atoms with Gasteiger partial charge in [-0.25, -0.2) is 9.18 Å². The number of methoxy groups -OCH3 is 1. The number of hydrogen-bond donors (Lipinski definition) is 2. The number of pyridine rings is 1. The lowest BCUT2D eigenvalue weighted by Crippen LogP contribution is -2.27. The lowest BCUT2D eigenvalue weighted by atomic mass is 10.0. The van der Waals surface area contributed by atoms with Crippen LogP contribution in [0.4, 0.5) is 10.1 Å². The van der Waals surface area contributed by atoms with Crippen molar-refractivity contribution >= 4 is 39.8 Å². The number of thiocarbonyl (C=S) groups is 1. The van der Waals surface area contributed by atoms with E-state index in [2.05, 4.69) is 0 Å². The fraction of sp³-hybridized carbons (Fsp3) is 0.207. The van der Waals surface area contributed by atoms with Crippen molar-refractivity contribution in [2.75, 3.05) is 25.1 Å². The van der Waals surface area contributed by atoms with Crippen molar-refractivity contribution in [2.45, 2.75) is 13.0 Å². The van der Waals surface area contributed by atoms with Crippen LogP contribution in [0.5, 0.6) is 5.75 Å². The zero-order valence-corrected chi connectivity index (χ0v) is 21.5. The van der Waals surface area contributed by atoms with Gasteiger partial charge in [-0.2, -0.15) is 0 Å². The number of hydrogen-bond acceptors (Lipinski definition) is 5. The van der Waals surface area contributed by atoms with Crippen LogP contribution in [-0.2, 0) is 6.54 Å². The Morgan fingerprint density at radius 1 is 1.16 bits per heavy atom. The summed E-state index contributed by atoms with van der Waals surface area (Å²) >= 11 is 5.15. The van der Waals surface area contributed by atoms with Gasteiger partial charge >= 0.3 is 5.97 Å². The van der Waals surface area contributed by atoms with E-state index >= 15 is 4.39 Å². The molecular formula is C29H26FN3O4S. The van der Waals surface area contributed by atoms with Gasteiger partial charge in [0.2, 0.25) is 5.43 Å². The molecule has 0 amide bonds. The van der Waals surface area contributed by atoms with Crippen LogP contribution in [0.2, 0.25) is 0 Å². The zero-order chi connectivity index (χ0) is 27.0. The largest absolute Gasteiger partial charge is 0.492 e. The fourth-order valence-corrected chi connectivity index (χ4v) is 5.32. The molecular weight excluding hydrogens is 505 g/mol. The molecule has 1 aromatic heterocycles. The molecule has 5 rings (SSSR count). The summed E-state index contributed by atoms with van der Waals surface area (Å²) in [6, 6.07) is 18.8. The molecule has 0 spiro atoms. The number of nitrogens with zero attached hydrogens (tertiary/aromatic N) is 2. The number of carboxylic acids is 1. The highest BCUT2D eigenvalue weighted by Gasteiger charge is 2.31. The van der Waals surface area contributed by atoms with Crippen molar-refractivity contribution in [1.82, 2.24) is 4.57 Å². The van der Waals surface area contributed by atoms with E-state index < -0.39 is 22.8 Å². The molecule has 194 valence electrons. The molecule has 1 saturated heterocycles. The van der Waals surface area contributed by atoms with E-state index in [0.29, 0.717) is 30.0 Å². The standard InChI is InChI=1S/C29H26FN3O4S/c1-37-27-24-21(13-23(30)25(27)32-11-10-20(15-32)28(31)38)26(34)22(29(35)36)16-33(24)14-17-6-5-9-19(12-17)18-7-3-2-4-8-18/h2-9,12-13,16,20H,10-11,14-15H2,1H3,(H2,31,38)(H,35,36)/t20-/m1/s1. The average molecular weight is 532 g/mol. The van der Waals surface area contributed by atoms with E-state index in [-0.39, 0.29) is 29.3 Å². The first-order chi connectivity index (χ1) is 18.3. The summed E-state index contributed by atoms with van der Waals surface area (Å²) in [5.41, 5.74) is 8.05. The van der Waals surface area contributed by atoms with Crippen molar-refractivity contribution < 1.29 is 19.0 Å². The minimum Gasteiger partial charge on any atom is -0.492 e. The molecule has 1 atom stereocenters. The summed E-state index contributed by atoms with van der Waals surface area (Å²) in [4.78, 5) is 27.3. The molecule has 1 aliphatic heterocycles. The van der Waals surface area contributed by atoms with Crippen LogP contribution in [0.1, 0.15) is 22.3 Å². The van der Waals surface area contributed by atoms with E-state index in [1.54, 1.807) is 4.57 Å². The minimum absolute atomic E-state index is 0.0627. The Labute approximate surface area is 223 Å². The summed E-state index contributed by atoms with van der Waals surface area (Å²) in [6.07, 6.45) is 1.97. The second-order valence-corrected chi connectivity index (χ2v) is 9.81. The Morgan fingerprint density at radius 3 is 2.55 bits per heavy atom. The summed E-state index contributed by atoms with van der Waals surface area (Å²) in [5, 5.41) is 9.68. The van der Waals surface area contributed by atoms with Crippen molar-refractivity contribution in [2.24, 2.45) is 11.7 Å². The number of fused-ring (bicyclic) bond motifs is 1. The first-order valence-electron chi connectivity index (χ1n) is 12.1. The van der Waals surface area contributed by atoms with Gasteiger partial charge in [-0.05, 0) is 35.2 Å². The van der Waals surface area contributed by atoms with Crippen molar-refractivity contribution in [3.05, 3.63) is 94.0 Å². The van der Waals surface area contributed by atoms with E-state index in [1.807, 2.05) is 59.5 Å². The van der Waals surface area contributed by atoms with Gasteiger partial charge in [0.25, 0.3) is 0 Å². The molecule has 0 radical (unpaired) electrons. The first kappa shape index (κ1) is 25.4. The third-order valence-corrected chi connectivity index (χ3v) is 7.31. The van der Waals surface area contributed by atoms with Gasteiger partial charge in [-0.3, -0.25) is 4.79 Å². The molecule has 1 fully saturated rings. The average Bonchev–Trinajstić information content (AvgIpc) is 3.40. The minimum atomic E-state index is -1.38. The quantitative estimate of drug-likeness (QED) is 0.334. The molecule has 38 heavy (non-hydrogen) atoms. The molecule has 4 aromatic rings. The Hall–Kier alpha value is -4.24. The maximum absolute atomic E-state index is 15.6. The molecule has 0 bridgehead atoms. The molecule has 3 aromatic carbocycles. The van der Waals surface area contributed by atoms with Crippen LogP contribution in [0.15, 0.2) is 71.7 Å². The van der Waals surface area contributed by atoms with Gasteiger partial charge in [0.05, 0.1) is 23.0 Å². The van der Waals surface area contributed by atoms with Crippen LogP contribution in [0, 0.1) is 11.7 Å². The van der Waals surface area contributed by atoms with Gasteiger partial charge in [0.15, 0.2) is 11.6 Å². The lowest BCUT2D eigenvalue weighted by molar-refractivity contribution is 0.0695. The number of aromatic nitrogens is 1. The van der Waals surface area contributed by atoms with E-state index in [0.717, 1.165) is 22.8 Å². The highest BCUT2D eigenvalue weighted by molar-refractivity contribution is 7.80. The molecule has 1 aliphatic rings. The summed E-state index contributed by atoms with van der Waals surface area (Å²) in [6.45, 7) is 1.16.